The summed E-state index contributed by atoms with van der Waals surface area (Å²) in [5, 5.41) is 3.14. The number of halogens is 1. The molecule has 0 bridgehead atoms. The van der Waals surface area contributed by atoms with Gasteiger partial charge in [-0.25, -0.2) is 9.18 Å². The second-order valence-corrected chi connectivity index (χ2v) is 10.9. The largest absolute Gasteiger partial charge is 0.465 e. The number of hydrogen-bond donors (Lipinski definition) is 1. The highest BCUT2D eigenvalue weighted by Crippen LogP contribution is 2.47. The maximum Gasteiger partial charge on any atom is 0.337 e. The number of hydrogen-bond acceptors (Lipinski definition) is 4. The summed E-state index contributed by atoms with van der Waals surface area (Å²) < 4.78 is 18.4. The third kappa shape index (κ3) is 5.55. The predicted molar refractivity (Wildman–Crippen MR) is 157 cm³/mol. The van der Waals surface area contributed by atoms with Crippen molar-refractivity contribution in [2.24, 2.45) is 5.92 Å². The van der Waals surface area contributed by atoms with E-state index in [2.05, 4.69) is 17.4 Å². The van der Waals surface area contributed by atoms with Crippen molar-refractivity contribution in [2.75, 3.05) is 13.7 Å². The molecule has 0 radical (unpaired) electrons. The minimum atomic E-state index is -0.407. The highest BCUT2D eigenvalue weighted by atomic mass is 19.1. The fraction of sp³-hybridized carbons (Fsp3) is 0.229. The van der Waals surface area contributed by atoms with Gasteiger partial charge in [-0.15, -0.1) is 0 Å². The van der Waals surface area contributed by atoms with E-state index in [0.717, 1.165) is 34.2 Å². The number of nitrogens with zero attached hydrogens (tertiary/aromatic N) is 1. The van der Waals surface area contributed by atoms with Crippen LogP contribution in [-0.2, 0) is 29.0 Å². The zero-order valence-electron chi connectivity index (χ0n) is 23.3. The van der Waals surface area contributed by atoms with Gasteiger partial charge >= 0.3 is 5.97 Å². The molecule has 212 valence electrons. The molecule has 2 aliphatic rings. The first-order valence-electron chi connectivity index (χ1n) is 14.1. The molecule has 6 nitrogen and oxygen atoms in total. The van der Waals surface area contributed by atoms with E-state index in [9.17, 15) is 18.8 Å². The van der Waals surface area contributed by atoms with Crippen molar-refractivity contribution in [1.82, 2.24) is 10.2 Å². The van der Waals surface area contributed by atoms with Crippen LogP contribution >= 0.6 is 0 Å². The van der Waals surface area contributed by atoms with Gasteiger partial charge in [0.25, 0.3) is 5.91 Å². The molecular formula is C35H31FN2O4. The summed E-state index contributed by atoms with van der Waals surface area (Å²) in [6, 6.07) is 27.0. The number of methoxy groups -OCH3 is 1. The third-order valence-electron chi connectivity index (χ3n) is 8.29. The Labute approximate surface area is 244 Å². The monoisotopic (exact) mass is 562 g/mol. The molecule has 2 amide bonds. The number of ether oxygens (including phenoxy) is 1. The van der Waals surface area contributed by atoms with Crippen LogP contribution in [0.1, 0.15) is 55.3 Å². The van der Waals surface area contributed by atoms with Gasteiger partial charge in [0.1, 0.15) is 5.82 Å². The number of fused-ring (bicyclic) bond motifs is 1. The van der Waals surface area contributed by atoms with Crippen molar-refractivity contribution in [2.45, 2.75) is 31.8 Å². The van der Waals surface area contributed by atoms with Gasteiger partial charge in [0.2, 0.25) is 5.91 Å². The van der Waals surface area contributed by atoms with Crippen LogP contribution in [0.15, 0.2) is 91.0 Å². The van der Waals surface area contributed by atoms with E-state index >= 15 is 0 Å². The SMILES string of the molecule is COC(=O)c1cccc(-c2ccc(CNC(=O)[C@H]3C[C@H]3c3ccccc3)c3c2CCN(C(=O)c2ccc(F)cc2)C3)c1. The minimum absolute atomic E-state index is 0.0301. The molecule has 1 aliphatic heterocycles. The summed E-state index contributed by atoms with van der Waals surface area (Å²) in [4.78, 5) is 40.4. The normalized spacial score (nSPS) is 17.2. The summed E-state index contributed by atoms with van der Waals surface area (Å²) in [7, 11) is 1.36. The van der Waals surface area contributed by atoms with Gasteiger partial charge in [0.05, 0.1) is 12.7 Å². The van der Waals surface area contributed by atoms with Crippen molar-refractivity contribution in [3.63, 3.8) is 0 Å². The van der Waals surface area contributed by atoms with Crippen molar-refractivity contribution < 1.29 is 23.5 Å². The molecule has 1 N–H and O–H groups in total. The molecule has 4 aromatic carbocycles. The molecule has 4 aromatic rings. The highest BCUT2D eigenvalue weighted by molar-refractivity contribution is 5.94. The van der Waals surface area contributed by atoms with E-state index in [-0.39, 0.29) is 23.7 Å². The number of esters is 1. The Balaban J connectivity index is 1.28. The van der Waals surface area contributed by atoms with Gasteiger partial charge < -0.3 is 15.0 Å². The summed E-state index contributed by atoms with van der Waals surface area (Å²) >= 11 is 0. The Morgan fingerprint density at radius 1 is 0.905 bits per heavy atom. The molecule has 0 unspecified atom stereocenters. The summed E-state index contributed by atoms with van der Waals surface area (Å²) in [6.45, 7) is 1.20. The van der Waals surface area contributed by atoms with Crippen LogP contribution in [0.5, 0.6) is 0 Å². The Morgan fingerprint density at radius 2 is 1.69 bits per heavy atom. The number of rotatable bonds is 7. The quantitative estimate of drug-likeness (QED) is 0.285. The van der Waals surface area contributed by atoms with E-state index < -0.39 is 11.8 Å². The Morgan fingerprint density at radius 3 is 2.45 bits per heavy atom. The fourth-order valence-electron chi connectivity index (χ4n) is 5.92. The van der Waals surface area contributed by atoms with Gasteiger partial charge in [-0.1, -0.05) is 54.6 Å². The molecule has 1 fully saturated rings. The van der Waals surface area contributed by atoms with Gasteiger partial charge in [-0.2, -0.15) is 0 Å². The van der Waals surface area contributed by atoms with Gasteiger partial charge in [0.15, 0.2) is 0 Å². The van der Waals surface area contributed by atoms with E-state index in [1.807, 2.05) is 48.5 Å². The fourth-order valence-corrected chi connectivity index (χ4v) is 5.92. The maximum absolute atomic E-state index is 13.5. The molecule has 7 heteroatoms. The molecule has 0 saturated heterocycles. The number of carbonyl (C=O) groups excluding carboxylic acids is 3. The first-order chi connectivity index (χ1) is 20.4. The molecular weight excluding hydrogens is 531 g/mol. The van der Waals surface area contributed by atoms with Crippen molar-refractivity contribution in [1.29, 1.82) is 0 Å². The topological polar surface area (TPSA) is 75.7 Å². The molecule has 0 aromatic heterocycles. The predicted octanol–water partition coefficient (Wildman–Crippen LogP) is 5.90. The zero-order chi connectivity index (χ0) is 29.2. The summed E-state index contributed by atoms with van der Waals surface area (Å²) in [5.74, 6) is -0.735. The molecule has 0 spiro atoms. The average Bonchev–Trinajstić information content (AvgIpc) is 3.85. The highest BCUT2D eigenvalue weighted by Gasteiger charge is 2.43. The number of carbonyl (C=O) groups is 3. The van der Waals surface area contributed by atoms with Crippen LogP contribution in [0.3, 0.4) is 0 Å². The van der Waals surface area contributed by atoms with Gasteiger partial charge in [0, 0.05) is 31.1 Å². The van der Waals surface area contributed by atoms with Crippen molar-refractivity contribution in [3.05, 3.63) is 130 Å². The average molecular weight is 563 g/mol. The number of nitrogens with one attached hydrogen (secondary N) is 1. The smallest absolute Gasteiger partial charge is 0.337 e. The van der Waals surface area contributed by atoms with Crippen LogP contribution in [-0.4, -0.2) is 36.3 Å². The Hall–Kier alpha value is -4.78. The standard InChI is InChI=1S/C35H31FN2O4/c1-42-35(41)25-9-5-8-24(18-25)28-15-12-26(20-37-33(39)31-19-30(31)22-6-3-2-4-7-22)32-21-38(17-16-29(28)32)34(40)23-10-13-27(36)14-11-23/h2-15,18,30-31H,16-17,19-21H2,1H3,(H,37,39)/t30-,31-/m0/s1. The molecule has 2 atom stereocenters. The maximum atomic E-state index is 13.5. The van der Waals surface area contributed by atoms with Gasteiger partial charge in [-0.3, -0.25) is 9.59 Å². The number of benzene rings is 4. The molecule has 6 rings (SSSR count). The van der Waals surface area contributed by atoms with E-state index in [4.69, 9.17) is 4.74 Å². The van der Waals surface area contributed by atoms with Crippen molar-refractivity contribution >= 4 is 17.8 Å². The lowest BCUT2D eigenvalue weighted by atomic mass is 9.87. The van der Waals surface area contributed by atoms with E-state index in [1.165, 1.54) is 36.9 Å². The number of amides is 2. The minimum Gasteiger partial charge on any atom is -0.465 e. The van der Waals surface area contributed by atoms with Crippen LogP contribution in [0.25, 0.3) is 11.1 Å². The first kappa shape index (κ1) is 27.4. The second-order valence-electron chi connectivity index (χ2n) is 10.9. The first-order valence-corrected chi connectivity index (χ1v) is 14.1. The lowest BCUT2D eigenvalue weighted by Gasteiger charge is -2.32. The van der Waals surface area contributed by atoms with E-state index in [0.29, 0.717) is 37.2 Å². The van der Waals surface area contributed by atoms with Crippen LogP contribution in [0.4, 0.5) is 4.39 Å². The third-order valence-corrected chi connectivity index (χ3v) is 8.29. The molecule has 1 aliphatic carbocycles. The van der Waals surface area contributed by atoms with Crippen molar-refractivity contribution in [3.8, 4) is 11.1 Å². The summed E-state index contributed by atoms with van der Waals surface area (Å²) in [6.07, 6.45) is 1.43. The van der Waals surface area contributed by atoms with Crippen LogP contribution < -0.4 is 5.32 Å². The second kappa shape index (κ2) is 11.6. The molecule has 1 heterocycles. The lowest BCUT2D eigenvalue weighted by Crippen LogP contribution is -2.37. The molecule has 42 heavy (non-hydrogen) atoms. The van der Waals surface area contributed by atoms with Crippen LogP contribution in [0, 0.1) is 11.7 Å². The lowest BCUT2D eigenvalue weighted by molar-refractivity contribution is -0.122. The van der Waals surface area contributed by atoms with Crippen LogP contribution in [0.2, 0.25) is 0 Å². The Bertz CT molecular complexity index is 1650. The van der Waals surface area contributed by atoms with E-state index in [1.54, 1.807) is 11.0 Å². The summed E-state index contributed by atoms with van der Waals surface area (Å²) in [5.41, 5.74) is 6.94. The van der Waals surface area contributed by atoms with Gasteiger partial charge in [-0.05, 0) is 88.5 Å². The Kier molecular flexibility index (Phi) is 7.57. The molecule has 1 saturated carbocycles. The zero-order valence-corrected chi connectivity index (χ0v) is 23.3.